The second-order valence-corrected chi connectivity index (χ2v) is 6.20. The maximum absolute atomic E-state index is 12.5. The van der Waals surface area contributed by atoms with Crippen molar-refractivity contribution in [2.24, 2.45) is 0 Å². The largest absolute Gasteiger partial charge is 0.322 e. The number of amides is 1. The first kappa shape index (κ1) is 14.7. The summed E-state index contributed by atoms with van der Waals surface area (Å²) in [5.74, 6) is -0.148. The van der Waals surface area contributed by atoms with Crippen molar-refractivity contribution in [2.45, 2.75) is 13.8 Å². The highest BCUT2D eigenvalue weighted by Gasteiger charge is 2.12. The summed E-state index contributed by atoms with van der Waals surface area (Å²) in [7, 11) is 0. The Balaban J connectivity index is 1.96. The lowest BCUT2D eigenvalue weighted by atomic mass is 10.1. The summed E-state index contributed by atoms with van der Waals surface area (Å²) in [6.07, 6.45) is 0. The lowest BCUT2D eigenvalue weighted by Gasteiger charge is -2.09. The van der Waals surface area contributed by atoms with E-state index in [2.05, 4.69) is 26.2 Å². The number of anilines is 1. The maximum atomic E-state index is 12.5. The van der Waals surface area contributed by atoms with Crippen molar-refractivity contribution in [3.8, 4) is 0 Å². The van der Waals surface area contributed by atoms with Crippen molar-refractivity contribution in [1.29, 1.82) is 0 Å². The van der Waals surface area contributed by atoms with Crippen LogP contribution in [-0.2, 0) is 0 Å². The van der Waals surface area contributed by atoms with E-state index in [9.17, 15) is 4.79 Å². The highest BCUT2D eigenvalue weighted by Crippen LogP contribution is 2.20. The molecule has 0 fully saturated rings. The average Bonchev–Trinajstić information content (AvgIpc) is 2.46. The first-order valence-electron chi connectivity index (χ1n) is 6.98. The van der Waals surface area contributed by atoms with E-state index in [0.29, 0.717) is 5.56 Å². The minimum Gasteiger partial charge on any atom is -0.322 e. The Morgan fingerprint density at radius 2 is 1.91 bits per heavy atom. The number of aryl methyl sites for hydroxylation is 2. The number of nitrogens with zero attached hydrogens (tertiary/aromatic N) is 1. The molecule has 1 heterocycles. The fourth-order valence-electron chi connectivity index (χ4n) is 2.37. The Hall–Kier alpha value is -2.20. The average molecular weight is 355 g/mol. The molecule has 1 aromatic heterocycles. The molecule has 3 rings (SSSR count). The summed E-state index contributed by atoms with van der Waals surface area (Å²) in [4.78, 5) is 17.0. The number of hydrogen-bond acceptors (Lipinski definition) is 2. The SMILES string of the molecule is Cc1ccc2cc(C(=O)Nc3cccc(Br)c3)c(C)nc2c1. The molecular formula is C18H15BrN2O. The van der Waals surface area contributed by atoms with Gasteiger partial charge in [0.1, 0.15) is 0 Å². The molecule has 22 heavy (non-hydrogen) atoms. The van der Waals surface area contributed by atoms with E-state index in [4.69, 9.17) is 0 Å². The van der Waals surface area contributed by atoms with Gasteiger partial charge in [0.2, 0.25) is 0 Å². The Morgan fingerprint density at radius 3 is 2.68 bits per heavy atom. The molecular weight excluding hydrogens is 340 g/mol. The Labute approximate surface area is 137 Å². The molecule has 0 aliphatic rings. The number of fused-ring (bicyclic) bond motifs is 1. The highest BCUT2D eigenvalue weighted by atomic mass is 79.9. The van der Waals surface area contributed by atoms with Crippen LogP contribution in [-0.4, -0.2) is 10.9 Å². The molecule has 0 saturated heterocycles. The Morgan fingerprint density at radius 1 is 1.09 bits per heavy atom. The lowest BCUT2D eigenvalue weighted by molar-refractivity contribution is 0.102. The van der Waals surface area contributed by atoms with Gasteiger partial charge in [-0.2, -0.15) is 0 Å². The van der Waals surface area contributed by atoms with E-state index < -0.39 is 0 Å². The van der Waals surface area contributed by atoms with Crippen LogP contribution in [0, 0.1) is 13.8 Å². The highest BCUT2D eigenvalue weighted by molar-refractivity contribution is 9.10. The van der Waals surface area contributed by atoms with Gasteiger partial charge < -0.3 is 5.32 Å². The predicted molar refractivity (Wildman–Crippen MR) is 93.3 cm³/mol. The van der Waals surface area contributed by atoms with Crippen LogP contribution in [0.1, 0.15) is 21.6 Å². The molecule has 0 atom stereocenters. The third kappa shape index (κ3) is 3.02. The zero-order valence-electron chi connectivity index (χ0n) is 12.4. The Kier molecular flexibility index (Phi) is 3.94. The van der Waals surface area contributed by atoms with Gasteiger partial charge in [-0.05, 0) is 49.7 Å². The molecule has 2 aromatic carbocycles. The summed E-state index contributed by atoms with van der Waals surface area (Å²) in [5.41, 5.74) is 4.15. The fraction of sp³-hybridized carbons (Fsp3) is 0.111. The number of nitrogens with one attached hydrogen (secondary N) is 1. The van der Waals surface area contributed by atoms with Crippen LogP contribution in [0.25, 0.3) is 10.9 Å². The summed E-state index contributed by atoms with van der Waals surface area (Å²) in [5, 5.41) is 3.88. The first-order chi connectivity index (χ1) is 10.5. The number of benzene rings is 2. The molecule has 110 valence electrons. The minimum atomic E-state index is -0.148. The van der Waals surface area contributed by atoms with Crippen molar-refractivity contribution in [2.75, 3.05) is 5.32 Å². The van der Waals surface area contributed by atoms with Gasteiger partial charge in [-0.25, -0.2) is 0 Å². The van der Waals surface area contributed by atoms with Crippen LogP contribution < -0.4 is 5.32 Å². The zero-order valence-corrected chi connectivity index (χ0v) is 13.9. The number of carbonyl (C=O) groups is 1. The third-order valence-electron chi connectivity index (χ3n) is 3.49. The number of aromatic nitrogens is 1. The van der Waals surface area contributed by atoms with Gasteiger partial charge in [0.25, 0.3) is 5.91 Å². The van der Waals surface area contributed by atoms with E-state index in [0.717, 1.165) is 32.3 Å². The number of carbonyl (C=O) groups excluding carboxylic acids is 1. The van der Waals surface area contributed by atoms with Crippen LogP contribution >= 0.6 is 15.9 Å². The summed E-state index contributed by atoms with van der Waals surface area (Å²) < 4.78 is 0.925. The van der Waals surface area contributed by atoms with Crippen molar-refractivity contribution in [1.82, 2.24) is 4.98 Å². The van der Waals surface area contributed by atoms with Crippen LogP contribution in [0.4, 0.5) is 5.69 Å². The molecule has 1 amide bonds. The van der Waals surface area contributed by atoms with E-state index in [-0.39, 0.29) is 5.91 Å². The number of rotatable bonds is 2. The van der Waals surface area contributed by atoms with Crippen molar-refractivity contribution in [3.63, 3.8) is 0 Å². The molecule has 0 bridgehead atoms. The molecule has 3 aromatic rings. The zero-order chi connectivity index (χ0) is 15.7. The summed E-state index contributed by atoms with van der Waals surface area (Å²) in [6.45, 7) is 3.89. The number of pyridine rings is 1. The van der Waals surface area contributed by atoms with Gasteiger partial charge in [0.05, 0.1) is 16.8 Å². The van der Waals surface area contributed by atoms with Crippen LogP contribution in [0.3, 0.4) is 0 Å². The molecule has 0 spiro atoms. The molecule has 0 aliphatic heterocycles. The van der Waals surface area contributed by atoms with Crippen molar-refractivity contribution in [3.05, 3.63) is 69.8 Å². The van der Waals surface area contributed by atoms with Crippen LogP contribution in [0.15, 0.2) is 53.0 Å². The predicted octanol–water partition coefficient (Wildman–Crippen LogP) is 4.87. The van der Waals surface area contributed by atoms with E-state index in [1.807, 2.05) is 62.4 Å². The quantitative estimate of drug-likeness (QED) is 0.713. The van der Waals surface area contributed by atoms with Crippen LogP contribution in [0.5, 0.6) is 0 Å². The van der Waals surface area contributed by atoms with Crippen LogP contribution in [0.2, 0.25) is 0 Å². The van der Waals surface area contributed by atoms with E-state index >= 15 is 0 Å². The number of hydrogen-bond donors (Lipinski definition) is 1. The second kappa shape index (κ2) is 5.89. The molecule has 0 aliphatic carbocycles. The normalized spacial score (nSPS) is 10.7. The molecule has 0 saturated carbocycles. The summed E-state index contributed by atoms with van der Waals surface area (Å²) >= 11 is 3.40. The molecule has 0 unspecified atom stereocenters. The van der Waals surface area contributed by atoms with Gasteiger partial charge in [-0.3, -0.25) is 9.78 Å². The smallest absolute Gasteiger partial charge is 0.257 e. The Bertz CT molecular complexity index is 874. The topological polar surface area (TPSA) is 42.0 Å². The fourth-order valence-corrected chi connectivity index (χ4v) is 2.77. The summed E-state index contributed by atoms with van der Waals surface area (Å²) in [6, 6.07) is 15.5. The maximum Gasteiger partial charge on any atom is 0.257 e. The first-order valence-corrected chi connectivity index (χ1v) is 7.77. The van der Waals surface area contributed by atoms with Gasteiger partial charge in [0.15, 0.2) is 0 Å². The molecule has 0 radical (unpaired) electrons. The van der Waals surface area contributed by atoms with Gasteiger partial charge in [-0.1, -0.05) is 34.1 Å². The van der Waals surface area contributed by atoms with Gasteiger partial charge in [0, 0.05) is 15.5 Å². The monoisotopic (exact) mass is 354 g/mol. The number of halogens is 1. The van der Waals surface area contributed by atoms with Crippen molar-refractivity contribution >= 4 is 38.4 Å². The standard InChI is InChI=1S/C18H15BrN2O/c1-11-6-7-13-9-16(12(2)20-17(13)8-11)18(22)21-15-5-3-4-14(19)10-15/h3-10H,1-2H3,(H,21,22). The van der Waals surface area contributed by atoms with E-state index in [1.165, 1.54) is 0 Å². The van der Waals surface area contributed by atoms with Gasteiger partial charge >= 0.3 is 0 Å². The van der Waals surface area contributed by atoms with Crippen molar-refractivity contribution < 1.29 is 4.79 Å². The molecule has 3 nitrogen and oxygen atoms in total. The van der Waals surface area contributed by atoms with Gasteiger partial charge in [-0.15, -0.1) is 0 Å². The van der Waals surface area contributed by atoms with E-state index in [1.54, 1.807) is 0 Å². The third-order valence-corrected chi connectivity index (χ3v) is 3.98. The molecule has 1 N–H and O–H groups in total. The second-order valence-electron chi connectivity index (χ2n) is 5.28. The minimum absolute atomic E-state index is 0.148. The molecule has 4 heteroatoms. The lowest BCUT2D eigenvalue weighted by Crippen LogP contribution is -2.14.